The highest BCUT2D eigenvalue weighted by Gasteiger charge is 2.16. The monoisotopic (exact) mass is 323 g/mol. The quantitative estimate of drug-likeness (QED) is 0.462. The molecule has 0 aliphatic rings. The largest absolute Gasteiger partial charge is 0.434 e. The van der Waals surface area contributed by atoms with Crippen molar-refractivity contribution in [2.24, 2.45) is 0 Å². The third-order valence-corrected chi connectivity index (χ3v) is 3.09. The Morgan fingerprint density at radius 3 is 2.73 bits per heavy atom. The Balaban J connectivity index is 2.04. The molecule has 1 unspecified atom stereocenters. The van der Waals surface area contributed by atoms with Gasteiger partial charge in [0.25, 0.3) is 5.88 Å². The van der Waals surface area contributed by atoms with Crippen LogP contribution < -0.4 is 10.1 Å². The van der Waals surface area contributed by atoms with Crippen molar-refractivity contribution in [1.29, 1.82) is 0 Å². The second-order valence-corrected chi connectivity index (χ2v) is 4.71. The van der Waals surface area contributed by atoms with Crippen LogP contribution in [0, 0.1) is 10.1 Å². The topological polar surface area (TPSA) is 97.5 Å². The number of hydrogen-bond donors (Lipinski definition) is 2. The summed E-state index contributed by atoms with van der Waals surface area (Å²) in [6.45, 7) is 0.329. The molecule has 0 amide bonds. The molecule has 2 rings (SSSR count). The Morgan fingerprint density at radius 1 is 1.36 bits per heavy atom. The molecule has 1 aromatic heterocycles. The first-order valence-corrected chi connectivity index (χ1v) is 6.99. The van der Waals surface area contributed by atoms with Crippen LogP contribution in [0.15, 0.2) is 42.6 Å². The van der Waals surface area contributed by atoms with Gasteiger partial charge in [-0.2, -0.15) is 0 Å². The molecule has 0 aliphatic carbocycles. The number of nitrogens with one attached hydrogen (secondary N) is 1. The fourth-order valence-corrected chi connectivity index (χ4v) is 1.75. The minimum atomic E-state index is -0.631. The lowest BCUT2D eigenvalue weighted by molar-refractivity contribution is -0.386. The summed E-state index contributed by atoms with van der Waals surface area (Å²) in [5.74, 6) is 0.508. The SMILES string of the molecule is O=[N+]([O-])c1cccnc1Oc1ccc(NCC(O)CCl)cc1. The Labute approximate surface area is 131 Å². The number of pyridine rings is 1. The first kappa shape index (κ1) is 16.0. The van der Waals surface area contributed by atoms with Crippen molar-refractivity contribution in [1.82, 2.24) is 4.98 Å². The predicted molar refractivity (Wildman–Crippen MR) is 82.6 cm³/mol. The molecule has 22 heavy (non-hydrogen) atoms. The number of benzene rings is 1. The van der Waals surface area contributed by atoms with Crippen LogP contribution >= 0.6 is 11.6 Å². The highest BCUT2D eigenvalue weighted by Crippen LogP contribution is 2.28. The number of ether oxygens (including phenoxy) is 1. The van der Waals surface area contributed by atoms with Crippen LogP contribution in [-0.2, 0) is 0 Å². The van der Waals surface area contributed by atoms with Crippen LogP contribution in [0.2, 0.25) is 0 Å². The van der Waals surface area contributed by atoms with E-state index in [0.29, 0.717) is 12.3 Å². The first-order valence-electron chi connectivity index (χ1n) is 6.45. The first-order chi connectivity index (χ1) is 10.6. The van der Waals surface area contributed by atoms with Crippen molar-refractivity contribution in [3.8, 4) is 11.6 Å². The van der Waals surface area contributed by atoms with Gasteiger partial charge in [-0.05, 0) is 30.3 Å². The highest BCUT2D eigenvalue weighted by molar-refractivity contribution is 6.18. The zero-order chi connectivity index (χ0) is 15.9. The maximum atomic E-state index is 10.9. The second kappa shape index (κ2) is 7.58. The van der Waals surface area contributed by atoms with Gasteiger partial charge in [-0.3, -0.25) is 10.1 Å². The zero-order valence-electron chi connectivity index (χ0n) is 11.5. The molecule has 0 saturated carbocycles. The number of halogens is 1. The molecule has 0 saturated heterocycles. The van der Waals surface area contributed by atoms with E-state index in [2.05, 4.69) is 10.3 Å². The lowest BCUT2D eigenvalue weighted by Gasteiger charge is -2.10. The lowest BCUT2D eigenvalue weighted by atomic mass is 10.3. The van der Waals surface area contributed by atoms with E-state index in [1.165, 1.54) is 18.3 Å². The summed E-state index contributed by atoms with van der Waals surface area (Å²) in [6, 6.07) is 9.55. The van der Waals surface area contributed by atoms with Gasteiger partial charge in [-0.15, -0.1) is 11.6 Å². The molecule has 7 nitrogen and oxygen atoms in total. The van der Waals surface area contributed by atoms with Gasteiger partial charge < -0.3 is 15.2 Å². The minimum Gasteiger partial charge on any atom is -0.434 e. The molecule has 0 spiro atoms. The molecular weight excluding hydrogens is 310 g/mol. The number of hydrogen-bond acceptors (Lipinski definition) is 6. The van der Waals surface area contributed by atoms with E-state index in [-0.39, 0.29) is 17.4 Å². The summed E-state index contributed by atoms with van der Waals surface area (Å²) in [5, 5.41) is 23.2. The molecule has 0 aliphatic heterocycles. The van der Waals surface area contributed by atoms with Crippen LogP contribution in [0.4, 0.5) is 11.4 Å². The number of aliphatic hydroxyl groups excluding tert-OH is 1. The maximum absolute atomic E-state index is 10.9. The number of nitro groups is 1. The fourth-order valence-electron chi connectivity index (χ4n) is 1.64. The summed E-state index contributed by atoms with van der Waals surface area (Å²) < 4.78 is 5.42. The van der Waals surface area contributed by atoms with E-state index in [0.717, 1.165) is 5.69 Å². The third-order valence-electron chi connectivity index (χ3n) is 2.74. The average molecular weight is 324 g/mol. The fraction of sp³-hybridized carbons (Fsp3) is 0.214. The van der Waals surface area contributed by atoms with Crippen molar-refractivity contribution in [2.75, 3.05) is 17.7 Å². The highest BCUT2D eigenvalue weighted by atomic mass is 35.5. The van der Waals surface area contributed by atoms with Crippen LogP contribution in [0.1, 0.15) is 0 Å². The van der Waals surface area contributed by atoms with Crippen molar-refractivity contribution < 1.29 is 14.8 Å². The summed E-state index contributed by atoms with van der Waals surface area (Å²) >= 11 is 5.50. The van der Waals surface area contributed by atoms with E-state index in [1.54, 1.807) is 24.3 Å². The van der Waals surface area contributed by atoms with Crippen LogP contribution in [0.3, 0.4) is 0 Å². The minimum absolute atomic E-state index is 0.0641. The van der Waals surface area contributed by atoms with Gasteiger partial charge in [0.15, 0.2) is 0 Å². The number of anilines is 1. The second-order valence-electron chi connectivity index (χ2n) is 4.40. The van der Waals surface area contributed by atoms with Crippen LogP contribution in [0.25, 0.3) is 0 Å². The molecule has 0 fully saturated rings. The van der Waals surface area contributed by atoms with E-state index in [4.69, 9.17) is 16.3 Å². The summed E-state index contributed by atoms with van der Waals surface area (Å²) in [7, 11) is 0. The molecular formula is C14H14ClN3O4. The molecule has 0 radical (unpaired) electrons. The number of alkyl halides is 1. The molecule has 1 heterocycles. The maximum Gasteiger partial charge on any atom is 0.331 e. The van der Waals surface area contributed by atoms with Crippen LogP contribution in [0.5, 0.6) is 11.6 Å². The summed E-state index contributed by atoms with van der Waals surface area (Å²) in [4.78, 5) is 14.2. The summed E-state index contributed by atoms with van der Waals surface area (Å²) in [6.07, 6.45) is 0.792. The van der Waals surface area contributed by atoms with E-state index in [1.807, 2.05) is 0 Å². The van der Waals surface area contributed by atoms with Crippen molar-refractivity contribution >= 4 is 23.0 Å². The molecule has 1 atom stereocenters. The van der Waals surface area contributed by atoms with Gasteiger partial charge >= 0.3 is 5.69 Å². The number of nitrogens with zero attached hydrogens (tertiary/aromatic N) is 2. The molecule has 116 valence electrons. The number of aromatic nitrogens is 1. The Bertz CT molecular complexity index is 636. The van der Waals surface area contributed by atoms with E-state index < -0.39 is 11.0 Å². The normalized spacial score (nSPS) is 11.7. The van der Waals surface area contributed by atoms with Gasteiger partial charge in [0.2, 0.25) is 0 Å². The van der Waals surface area contributed by atoms with Crippen molar-refractivity contribution in [2.45, 2.75) is 6.10 Å². The van der Waals surface area contributed by atoms with Gasteiger partial charge in [0.05, 0.1) is 16.9 Å². The third kappa shape index (κ3) is 4.31. The Morgan fingerprint density at radius 2 is 2.09 bits per heavy atom. The van der Waals surface area contributed by atoms with Crippen molar-refractivity contribution in [3.05, 3.63) is 52.7 Å². The van der Waals surface area contributed by atoms with Crippen molar-refractivity contribution in [3.63, 3.8) is 0 Å². The molecule has 2 N–H and O–H groups in total. The van der Waals surface area contributed by atoms with Gasteiger partial charge in [-0.25, -0.2) is 4.98 Å². The van der Waals surface area contributed by atoms with E-state index >= 15 is 0 Å². The Kier molecular flexibility index (Phi) is 5.51. The summed E-state index contributed by atoms with van der Waals surface area (Å²) in [5.41, 5.74) is 0.571. The standard InChI is InChI=1S/C14H14ClN3O4/c15-8-11(19)9-17-10-3-5-12(6-4-10)22-14-13(18(20)21)2-1-7-16-14/h1-7,11,17,19H,8-9H2. The number of aliphatic hydroxyl groups is 1. The number of rotatable bonds is 7. The van der Waals surface area contributed by atoms with Gasteiger partial charge in [0, 0.05) is 24.5 Å². The van der Waals surface area contributed by atoms with E-state index in [9.17, 15) is 15.2 Å². The molecule has 8 heteroatoms. The zero-order valence-corrected chi connectivity index (χ0v) is 12.2. The average Bonchev–Trinajstić information content (AvgIpc) is 2.54. The predicted octanol–water partition coefficient (Wildman–Crippen LogP) is 2.79. The Hall–Kier alpha value is -2.38. The van der Waals surface area contributed by atoms with Crippen LogP contribution in [-0.4, -0.2) is 33.5 Å². The molecule has 2 aromatic rings. The van der Waals surface area contributed by atoms with Gasteiger partial charge in [0.1, 0.15) is 5.75 Å². The van der Waals surface area contributed by atoms with Gasteiger partial charge in [-0.1, -0.05) is 0 Å². The molecule has 1 aromatic carbocycles. The lowest BCUT2D eigenvalue weighted by Crippen LogP contribution is -2.20. The smallest absolute Gasteiger partial charge is 0.331 e. The molecule has 0 bridgehead atoms.